The van der Waals surface area contributed by atoms with Gasteiger partial charge in [0.2, 0.25) is 0 Å². The summed E-state index contributed by atoms with van der Waals surface area (Å²) in [5.74, 6) is 0.464. The molecule has 0 saturated heterocycles. The molecule has 4 heteroatoms. The van der Waals surface area contributed by atoms with Gasteiger partial charge in [-0.2, -0.15) is 0 Å². The van der Waals surface area contributed by atoms with Crippen LogP contribution in [0.4, 0.5) is 4.39 Å². The number of aromatic amines is 1. The average Bonchev–Trinajstić information content (AvgIpc) is 2.70. The molecule has 0 bridgehead atoms. The van der Waals surface area contributed by atoms with Gasteiger partial charge in [0, 0.05) is 18.8 Å². The highest BCUT2D eigenvalue weighted by Crippen LogP contribution is 2.08. The van der Waals surface area contributed by atoms with Crippen molar-refractivity contribution < 1.29 is 9.50 Å². The van der Waals surface area contributed by atoms with Gasteiger partial charge in [-0.3, -0.25) is 0 Å². The first-order chi connectivity index (χ1) is 7.74. The van der Waals surface area contributed by atoms with Crippen molar-refractivity contribution in [3.8, 4) is 0 Å². The van der Waals surface area contributed by atoms with Gasteiger partial charge in [0.15, 0.2) is 0 Å². The van der Waals surface area contributed by atoms with Gasteiger partial charge in [-0.15, -0.1) is 0 Å². The molecule has 0 aliphatic carbocycles. The molecule has 1 aromatic heterocycles. The van der Waals surface area contributed by atoms with Crippen molar-refractivity contribution in [1.82, 2.24) is 9.97 Å². The second-order valence-electron chi connectivity index (χ2n) is 3.73. The molecule has 2 aromatic rings. The summed E-state index contributed by atoms with van der Waals surface area (Å²) in [5.41, 5.74) is 0.791. The number of aliphatic hydroxyl groups is 1. The second kappa shape index (κ2) is 4.90. The lowest BCUT2D eigenvalue weighted by molar-refractivity contribution is 0.173. The second-order valence-corrected chi connectivity index (χ2v) is 3.73. The molecule has 1 aromatic carbocycles. The first kappa shape index (κ1) is 10.8. The zero-order chi connectivity index (χ0) is 11.4. The molecule has 16 heavy (non-hydrogen) atoms. The van der Waals surface area contributed by atoms with Gasteiger partial charge in [0.1, 0.15) is 11.6 Å². The molecule has 84 valence electrons. The Hall–Kier alpha value is -1.68. The Morgan fingerprint density at radius 1 is 1.38 bits per heavy atom. The highest BCUT2D eigenvalue weighted by Gasteiger charge is 2.08. The van der Waals surface area contributed by atoms with Gasteiger partial charge >= 0.3 is 0 Å². The molecule has 0 radical (unpaired) electrons. The number of aliphatic hydroxyl groups excluding tert-OH is 1. The maximum atomic E-state index is 12.9. The van der Waals surface area contributed by atoms with Crippen LogP contribution < -0.4 is 0 Å². The van der Waals surface area contributed by atoms with Gasteiger partial charge < -0.3 is 10.1 Å². The average molecular weight is 220 g/mol. The van der Waals surface area contributed by atoms with Crippen LogP contribution in [-0.2, 0) is 12.8 Å². The van der Waals surface area contributed by atoms with E-state index in [0.29, 0.717) is 12.8 Å². The highest BCUT2D eigenvalue weighted by atomic mass is 19.1. The molecule has 2 rings (SSSR count). The fraction of sp³-hybridized carbons (Fsp3) is 0.250. The number of aromatic nitrogens is 2. The smallest absolute Gasteiger partial charge is 0.123 e. The van der Waals surface area contributed by atoms with Crippen LogP contribution in [0.1, 0.15) is 11.4 Å². The van der Waals surface area contributed by atoms with E-state index in [1.54, 1.807) is 24.5 Å². The first-order valence-corrected chi connectivity index (χ1v) is 5.15. The Morgan fingerprint density at radius 2 is 2.25 bits per heavy atom. The van der Waals surface area contributed by atoms with Crippen molar-refractivity contribution in [2.75, 3.05) is 0 Å². The number of hydrogen-bond acceptors (Lipinski definition) is 2. The van der Waals surface area contributed by atoms with Crippen molar-refractivity contribution in [3.63, 3.8) is 0 Å². The van der Waals surface area contributed by atoms with Crippen LogP contribution in [0, 0.1) is 5.82 Å². The maximum Gasteiger partial charge on any atom is 0.123 e. The van der Waals surface area contributed by atoms with E-state index in [9.17, 15) is 9.50 Å². The van der Waals surface area contributed by atoms with Gasteiger partial charge in [-0.1, -0.05) is 12.1 Å². The molecule has 1 heterocycles. The summed E-state index contributed by atoms with van der Waals surface area (Å²) in [6.07, 6.45) is 3.68. The molecular weight excluding hydrogens is 207 g/mol. The van der Waals surface area contributed by atoms with Gasteiger partial charge in [-0.25, -0.2) is 9.37 Å². The van der Waals surface area contributed by atoms with Crippen molar-refractivity contribution in [3.05, 3.63) is 53.9 Å². The Balaban J connectivity index is 1.94. The molecule has 1 unspecified atom stereocenters. The predicted molar refractivity (Wildman–Crippen MR) is 58.4 cm³/mol. The monoisotopic (exact) mass is 220 g/mol. The first-order valence-electron chi connectivity index (χ1n) is 5.15. The van der Waals surface area contributed by atoms with E-state index in [1.807, 2.05) is 0 Å². The lowest BCUT2D eigenvalue weighted by atomic mass is 10.1. The molecule has 0 spiro atoms. The number of H-pyrrole nitrogens is 1. The van der Waals surface area contributed by atoms with Crippen LogP contribution in [0.2, 0.25) is 0 Å². The Morgan fingerprint density at radius 3 is 2.94 bits per heavy atom. The lowest BCUT2D eigenvalue weighted by Gasteiger charge is -2.08. The normalized spacial score (nSPS) is 12.6. The van der Waals surface area contributed by atoms with Crippen LogP contribution in [0.5, 0.6) is 0 Å². The Labute approximate surface area is 93.0 Å². The minimum atomic E-state index is -0.548. The molecule has 1 atom stereocenters. The number of nitrogens with one attached hydrogen (secondary N) is 1. The van der Waals surface area contributed by atoms with Gasteiger partial charge in [-0.05, 0) is 24.1 Å². The summed E-state index contributed by atoms with van der Waals surface area (Å²) in [6.45, 7) is 0. The third kappa shape index (κ3) is 2.90. The van der Waals surface area contributed by atoms with Crippen molar-refractivity contribution in [2.24, 2.45) is 0 Å². The quantitative estimate of drug-likeness (QED) is 0.823. The fourth-order valence-corrected chi connectivity index (χ4v) is 1.64. The van der Waals surface area contributed by atoms with Gasteiger partial charge in [0.25, 0.3) is 0 Å². The molecule has 0 fully saturated rings. The summed E-state index contributed by atoms with van der Waals surface area (Å²) in [6, 6.07) is 6.27. The third-order valence-corrected chi connectivity index (χ3v) is 2.34. The summed E-state index contributed by atoms with van der Waals surface area (Å²) < 4.78 is 12.9. The predicted octanol–water partition coefficient (Wildman–Crippen LogP) is 1.69. The standard InChI is InChI=1S/C12H13FN2O/c13-10-3-1-2-9(6-10)7-11(16)8-12-14-4-5-15-12/h1-6,11,16H,7-8H2,(H,14,15). The van der Waals surface area contributed by atoms with Gasteiger partial charge in [0.05, 0.1) is 6.10 Å². The Kier molecular flexibility index (Phi) is 3.31. The summed E-state index contributed by atoms with van der Waals surface area (Å²) in [4.78, 5) is 6.95. The Bertz CT molecular complexity index is 442. The van der Waals surface area contributed by atoms with E-state index in [0.717, 1.165) is 11.4 Å². The molecule has 3 nitrogen and oxygen atoms in total. The van der Waals surface area contributed by atoms with Crippen LogP contribution in [-0.4, -0.2) is 21.2 Å². The van der Waals surface area contributed by atoms with E-state index in [1.165, 1.54) is 12.1 Å². The minimum Gasteiger partial charge on any atom is -0.392 e. The van der Waals surface area contributed by atoms with Crippen LogP contribution in [0.15, 0.2) is 36.7 Å². The van der Waals surface area contributed by atoms with E-state index < -0.39 is 6.10 Å². The molecule has 0 aliphatic rings. The van der Waals surface area contributed by atoms with E-state index in [2.05, 4.69) is 9.97 Å². The zero-order valence-corrected chi connectivity index (χ0v) is 8.73. The molecule has 0 saturated carbocycles. The zero-order valence-electron chi connectivity index (χ0n) is 8.73. The fourth-order valence-electron chi connectivity index (χ4n) is 1.64. The van der Waals surface area contributed by atoms with E-state index >= 15 is 0 Å². The highest BCUT2D eigenvalue weighted by molar-refractivity contribution is 5.17. The number of nitrogens with zero attached hydrogens (tertiary/aromatic N) is 1. The summed E-state index contributed by atoms with van der Waals surface area (Å²) in [7, 11) is 0. The van der Waals surface area contributed by atoms with Crippen LogP contribution >= 0.6 is 0 Å². The molecule has 0 aliphatic heterocycles. The lowest BCUT2D eigenvalue weighted by Crippen LogP contribution is -2.14. The summed E-state index contributed by atoms with van der Waals surface area (Å²) >= 11 is 0. The summed E-state index contributed by atoms with van der Waals surface area (Å²) in [5, 5.41) is 9.78. The number of rotatable bonds is 4. The van der Waals surface area contributed by atoms with E-state index in [-0.39, 0.29) is 5.82 Å². The SMILES string of the molecule is OC(Cc1cccc(F)c1)Cc1ncc[nH]1. The van der Waals surface area contributed by atoms with Crippen LogP contribution in [0.25, 0.3) is 0 Å². The van der Waals surface area contributed by atoms with Crippen LogP contribution in [0.3, 0.4) is 0 Å². The number of halogens is 1. The molecule has 0 amide bonds. The minimum absolute atomic E-state index is 0.275. The maximum absolute atomic E-state index is 12.9. The topological polar surface area (TPSA) is 48.9 Å². The molecule has 2 N–H and O–H groups in total. The number of benzene rings is 1. The largest absolute Gasteiger partial charge is 0.392 e. The van der Waals surface area contributed by atoms with Crippen molar-refractivity contribution in [1.29, 1.82) is 0 Å². The molecular formula is C12H13FN2O. The van der Waals surface area contributed by atoms with Crippen molar-refractivity contribution in [2.45, 2.75) is 18.9 Å². The third-order valence-electron chi connectivity index (χ3n) is 2.34. The number of imidazole rings is 1. The van der Waals surface area contributed by atoms with E-state index in [4.69, 9.17) is 0 Å². The van der Waals surface area contributed by atoms with Crippen molar-refractivity contribution >= 4 is 0 Å². The number of hydrogen-bond donors (Lipinski definition) is 2.